The number of halogens is 1. The van der Waals surface area contributed by atoms with Crippen molar-refractivity contribution < 1.29 is 22.7 Å². The van der Waals surface area contributed by atoms with E-state index in [0.29, 0.717) is 17.4 Å². The van der Waals surface area contributed by atoms with Gasteiger partial charge in [0.15, 0.2) is 0 Å². The molecule has 8 nitrogen and oxygen atoms in total. The van der Waals surface area contributed by atoms with E-state index in [4.69, 9.17) is 16.3 Å². The SMILES string of the molecule is CCOc1ccccc1N(CC(=O)N(Cc1ccc(Cl)cc1)[C@@H](Cc1ccccc1)C(=O)NC(C)C)S(=O)(=O)c1ccc(SC)cc1. The van der Waals surface area contributed by atoms with Gasteiger partial charge in [0.25, 0.3) is 10.0 Å². The number of hydrogen-bond donors (Lipinski definition) is 1. The fourth-order valence-electron chi connectivity index (χ4n) is 5.05. The Morgan fingerprint density at radius 3 is 2.13 bits per heavy atom. The zero-order valence-electron chi connectivity index (χ0n) is 26.9. The molecule has 2 amide bonds. The van der Waals surface area contributed by atoms with Gasteiger partial charge in [-0.15, -0.1) is 11.8 Å². The lowest BCUT2D eigenvalue weighted by atomic mass is 10.0. The zero-order valence-corrected chi connectivity index (χ0v) is 29.3. The Balaban J connectivity index is 1.84. The summed E-state index contributed by atoms with van der Waals surface area (Å²) >= 11 is 7.66. The van der Waals surface area contributed by atoms with Crippen molar-refractivity contribution >= 4 is 50.9 Å². The van der Waals surface area contributed by atoms with E-state index in [0.717, 1.165) is 20.3 Å². The van der Waals surface area contributed by atoms with E-state index in [1.54, 1.807) is 67.6 Å². The summed E-state index contributed by atoms with van der Waals surface area (Å²) in [6.07, 6.45) is 2.13. The fraction of sp³-hybridized carbons (Fsp3) is 0.278. The molecule has 0 saturated carbocycles. The van der Waals surface area contributed by atoms with Crippen LogP contribution in [0.2, 0.25) is 5.02 Å². The standard InChI is InChI=1S/C36H40ClN3O5S2/c1-5-45-34-14-10-9-13-32(34)40(47(43,44)31-21-19-30(46-4)20-22-31)25-35(41)39(24-28-15-17-29(37)18-16-28)33(36(42)38-26(2)3)23-27-11-7-6-8-12-27/h6-22,26,33H,5,23-25H2,1-4H3,(H,38,42)/t33-/m0/s1. The molecule has 0 bridgehead atoms. The number of thioether (sulfide) groups is 1. The molecule has 4 rings (SSSR count). The second-order valence-electron chi connectivity index (χ2n) is 11.1. The number of anilines is 1. The van der Waals surface area contributed by atoms with E-state index in [9.17, 15) is 18.0 Å². The van der Waals surface area contributed by atoms with Crippen LogP contribution in [0.1, 0.15) is 31.9 Å². The summed E-state index contributed by atoms with van der Waals surface area (Å²) in [5, 5.41) is 3.49. The van der Waals surface area contributed by atoms with E-state index in [-0.39, 0.29) is 35.5 Å². The molecule has 47 heavy (non-hydrogen) atoms. The van der Waals surface area contributed by atoms with Crippen LogP contribution in [0.4, 0.5) is 5.69 Å². The van der Waals surface area contributed by atoms with Gasteiger partial charge in [-0.1, -0.05) is 66.2 Å². The van der Waals surface area contributed by atoms with Crippen molar-refractivity contribution in [2.45, 2.75) is 55.6 Å². The van der Waals surface area contributed by atoms with E-state index < -0.39 is 28.5 Å². The first-order valence-corrected chi connectivity index (χ1v) is 18.3. The maximum absolute atomic E-state index is 14.6. The smallest absolute Gasteiger partial charge is 0.264 e. The number of sulfonamides is 1. The van der Waals surface area contributed by atoms with Crippen molar-refractivity contribution in [2.75, 3.05) is 23.7 Å². The third-order valence-electron chi connectivity index (χ3n) is 7.33. The highest BCUT2D eigenvalue weighted by molar-refractivity contribution is 7.98. The Morgan fingerprint density at radius 1 is 0.872 bits per heavy atom. The van der Waals surface area contributed by atoms with Crippen molar-refractivity contribution in [3.8, 4) is 5.75 Å². The van der Waals surface area contributed by atoms with Gasteiger partial charge >= 0.3 is 0 Å². The molecule has 4 aromatic carbocycles. The van der Waals surface area contributed by atoms with Crippen LogP contribution >= 0.6 is 23.4 Å². The first-order valence-electron chi connectivity index (χ1n) is 15.3. The normalized spacial score (nSPS) is 12.0. The van der Waals surface area contributed by atoms with Crippen LogP contribution in [0, 0.1) is 0 Å². The van der Waals surface area contributed by atoms with Crippen LogP contribution in [0.15, 0.2) is 113 Å². The molecule has 248 valence electrons. The summed E-state index contributed by atoms with van der Waals surface area (Å²) in [6.45, 7) is 5.26. The minimum absolute atomic E-state index is 0.0250. The lowest BCUT2D eigenvalue weighted by Gasteiger charge is -2.34. The zero-order chi connectivity index (χ0) is 34.0. The van der Waals surface area contributed by atoms with Crippen LogP contribution in [0.3, 0.4) is 0 Å². The summed E-state index contributed by atoms with van der Waals surface area (Å²) in [5.41, 5.74) is 1.80. The van der Waals surface area contributed by atoms with Crippen molar-refractivity contribution in [1.29, 1.82) is 0 Å². The van der Waals surface area contributed by atoms with Gasteiger partial charge in [-0.2, -0.15) is 0 Å². The Bertz CT molecular complexity index is 1730. The minimum Gasteiger partial charge on any atom is -0.492 e. The molecule has 0 saturated heterocycles. The average Bonchev–Trinajstić information content (AvgIpc) is 3.06. The van der Waals surface area contributed by atoms with Crippen LogP contribution in [0.5, 0.6) is 5.75 Å². The third-order valence-corrected chi connectivity index (χ3v) is 10.1. The second kappa shape index (κ2) is 16.7. The molecule has 0 aliphatic carbocycles. The lowest BCUT2D eigenvalue weighted by Crippen LogP contribution is -2.54. The van der Waals surface area contributed by atoms with Crippen molar-refractivity contribution in [2.24, 2.45) is 0 Å². The molecule has 0 heterocycles. The van der Waals surface area contributed by atoms with Crippen molar-refractivity contribution in [1.82, 2.24) is 10.2 Å². The molecule has 0 radical (unpaired) electrons. The summed E-state index contributed by atoms with van der Waals surface area (Å²) in [7, 11) is -4.27. The summed E-state index contributed by atoms with van der Waals surface area (Å²) in [4.78, 5) is 30.9. The van der Waals surface area contributed by atoms with Gasteiger partial charge < -0.3 is 15.0 Å². The quantitative estimate of drug-likeness (QED) is 0.137. The monoisotopic (exact) mass is 693 g/mol. The molecule has 0 fully saturated rings. The maximum Gasteiger partial charge on any atom is 0.264 e. The molecule has 0 spiro atoms. The van der Waals surface area contributed by atoms with E-state index in [1.807, 2.05) is 50.4 Å². The van der Waals surface area contributed by atoms with Crippen molar-refractivity contribution in [3.63, 3.8) is 0 Å². The highest BCUT2D eigenvalue weighted by Gasteiger charge is 2.35. The van der Waals surface area contributed by atoms with Gasteiger partial charge in [0.05, 0.1) is 17.2 Å². The average molecular weight is 694 g/mol. The molecule has 0 aliphatic rings. The number of ether oxygens (including phenoxy) is 1. The Labute approximate surface area is 287 Å². The van der Waals surface area contributed by atoms with Crippen LogP contribution in [0.25, 0.3) is 0 Å². The van der Waals surface area contributed by atoms with Gasteiger partial charge in [-0.3, -0.25) is 13.9 Å². The topological polar surface area (TPSA) is 96.0 Å². The Kier molecular flexibility index (Phi) is 12.8. The number of carbonyl (C=O) groups excluding carboxylic acids is 2. The number of carbonyl (C=O) groups is 2. The number of rotatable bonds is 15. The van der Waals surface area contributed by atoms with E-state index in [1.165, 1.54) is 28.8 Å². The largest absolute Gasteiger partial charge is 0.492 e. The highest BCUT2D eigenvalue weighted by atomic mass is 35.5. The van der Waals surface area contributed by atoms with Gasteiger partial charge in [0.2, 0.25) is 11.8 Å². The molecule has 0 aliphatic heterocycles. The summed E-state index contributed by atoms with van der Waals surface area (Å²) in [5.74, 6) is -0.590. The number of nitrogens with zero attached hydrogens (tertiary/aromatic N) is 2. The minimum atomic E-state index is -4.27. The molecule has 4 aromatic rings. The Morgan fingerprint density at radius 2 is 1.51 bits per heavy atom. The van der Waals surface area contributed by atoms with Gasteiger partial charge in [0, 0.05) is 28.9 Å². The molecule has 0 unspecified atom stereocenters. The van der Waals surface area contributed by atoms with Gasteiger partial charge in [-0.25, -0.2) is 8.42 Å². The van der Waals surface area contributed by atoms with E-state index in [2.05, 4.69) is 5.32 Å². The first-order chi connectivity index (χ1) is 22.5. The van der Waals surface area contributed by atoms with Crippen LogP contribution < -0.4 is 14.4 Å². The molecular formula is C36H40ClN3O5S2. The van der Waals surface area contributed by atoms with E-state index >= 15 is 0 Å². The predicted molar refractivity (Wildman–Crippen MR) is 190 cm³/mol. The lowest BCUT2D eigenvalue weighted by molar-refractivity contribution is -0.140. The first kappa shape index (κ1) is 35.9. The summed E-state index contributed by atoms with van der Waals surface area (Å²) < 4.78 is 35.7. The maximum atomic E-state index is 14.6. The van der Waals surface area contributed by atoms with Gasteiger partial charge in [0.1, 0.15) is 18.3 Å². The number of amides is 2. The Hall–Kier alpha value is -3.99. The molecule has 11 heteroatoms. The predicted octanol–water partition coefficient (Wildman–Crippen LogP) is 6.82. The number of hydrogen-bond acceptors (Lipinski definition) is 6. The molecular weight excluding hydrogens is 654 g/mol. The van der Waals surface area contributed by atoms with Crippen LogP contribution in [-0.4, -0.2) is 56.6 Å². The third kappa shape index (κ3) is 9.53. The fourth-order valence-corrected chi connectivity index (χ4v) is 7.01. The number of para-hydroxylation sites is 2. The molecule has 1 atom stereocenters. The summed E-state index contributed by atoms with van der Waals surface area (Å²) in [6, 6.07) is 28.5. The number of nitrogens with one attached hydrogen (secondary N) is 1. The van der Waals surface area contributed by atoms with Crippen molar-refractivity contribution in [3.05, 3.63) is 119 Å². The highest BCUT2D eigenvalue weighted by Crippen LogP contribution is 2.33. The van der Waals surface area contributed by atoms with Crippen LogP contribution in [-0.2, 0) is 32.6 Å². The molecule has 1 N–H and O–H groups in total. The number of benzene rings is 4. The van der Waals surface area contributed by atoms with Gasteiger partial charge in [-0.05, 0) is 86.7 Å². The molecule has 0 aromatic heterocycles. The second-order valence-corrected chi connectivity index (χ2v) is 14.3.